The van der Waals surface area contributed by atoms with Crippen molar-refractivity contribution in [2.24, 2.45) is 11.7 Å². The number of hydrogen-bond acceptors (Lipinski definition) is 3. The van der Waals surface area contributed by atoms with E-state index in [1.54, 1.807) is 7.11 Å². The van der Waals surface area contributed by atoms with E-state index in [-0.39, 0.29) is 6.04 Å². The lowest BCUT2D eigenvalue weighted by atomic mass is 9.95. The minimum absolute atomic E-state index is 0.177. The third-order valence-corrected chi connectivity index (χ3v) is 4.52. The highest BCUT2D eigenvalue weighted by atomic mass is 16.5. The Hall–Kier alpha value is -1.06. The minimum atomic E-state index is 0.177. The summed E-state index contributed by atoms with van der Waals surface area (Å²) in [6.45, 7) is 7.97. The summed E-state index contributed by atoms with van der Waals surface area (Å²) in [6.07, 6.45) is 2.26. The van der Waals surface area contributed by atoms with Crippen molar-refractivity contribution in [1.82, 2.24) is 4.90 Å². The molecule has 1 fully saturated rings. The van der Waals surface area contributed by atoms with E-state index in [0.717, 1.165) is 24.6 Å². The Morgan fingerprint density at radius 3 is 2.40 bits per heavy atom. The summed E-state index contributed by atoms with van der Waals surface area (Å²) in [4.78, 5) is 2.58. The summed E-state index contributed by atoms with van der Waals surface area (Å²) in [5.41, 5.74) is 7.74. The molecule has 2 N–H and O–H groups in total. The van der Waals surface area contributed by atoms with Gasteiger partial charge >= 0.3 is 0 Å². The Balaban J connectivity index is 2.27. The van der Waals surface area contributed by atoms with Gasteiger partial charge in [-0.05, 0) is 43.4 Å². The largest absolute Gasteiger partial charge is 0.497 e. The second-order valence-electron chi connectivity index (χ2n) is 6.18. The number of hydrogen-bond donors (Lipinski definition) is 1. The molecule has 1 aromatic carbocycles. The first kappa shape index (κ1) is 15.3. The van der Waals surface area contributed by atoms with E-state index in [9.17, 15) is 0 Å². The molecule has 20 heavy (non-hydrogen) atoms. The van der Waals surface area contributed by atoms with E-state index in [2.05, 4.69) is 37.8 Å². The zero-order valence-corrected chi connectivity index (χ0v) is 13.2. The van der Waals surface area contributed by atoms with Gasteiger partial charge in [-0.25, -0.2) is 0 Å². The molecule has 0 aromatic heterocycles. The lowest BCUT2D eigenvalue weighted by Crippen LogP contribution is -2.42. The van der Waals surface area contributed by atoms with Gasteiger partial charge in [0, 0.05) is 18.6 Å². The number of benzene rings is 1. The van der Waals surface area contributed by atoms with Crippen LogP contribution >= 0.6 is 0 Å². The number of methoxy groups -OCH3 is 1. The zero-order chi connectivity index (χ0) is 14.7. The van der Waals surface area contributed by atoms with Crippen molar-refractivity contribution in [2.75, 3.05) is 13.7 Å². The van der Waals surface area contributed by atoms with Crippen LogP contribution in [0, 0.1) is 5.92 Å². The summed E-state index contributed by atoms with van der Waals surface area (Å²) >= 11 is 0. The molecule has 1 saturated heterocycles. The van der Waals surface area contributed by atoms with Gasteiger partial charge < -0.3 is 10.5 Å². The van der Waals surface area contributed by atoms with Gasteiger partial charge in [0.05, 0.1) is 13.2 Å². The number of nitrogens with two attached hydrogens (primary N) is 1. The maximum absolute atomic E-state index is 6.43. The van der Waals surface area contributed by atoms with Gasteiger partial charge in [0.25, 0.3) is 0 Å². The maximum atomic E-state index is 6.43. The van der Waals surface area contributed by atoms with Gasteiger partial charge in [0.2, 0.25) is 0 Å². The monoisotopic (exact) mass is 276 g/mol. The van der Waals surface area contributed by atoms with E-state index in [0.29, 0.717) is 12.1 Å². The number of ether oxygens (including phenoxy) is 1. The van der Waals surface area contributed by atoms with Crippen LogP contribution in [0.5, 0.6) is 5.75 Å². The molecule has 1 aliphatic heterocycles. The second-order valence-corrected chi connectivity index (χ2v) is 6.18. The van der Waals surface area contributed by atoms with Crippen molar-refractivity contribution in [1.29, 1.82) is 0 Å². The number of likely N-dealkylation sites (tertiary alicyclic amines) is 1. The molecule has 1 heterocycles. The topological polar surface area (TPSA) is 38.5 Å². The number of rotatable bonds is 5. The van der Waals surface area contributed by atoms with E-state index in [4.69, 9.17) is 10.5 Å². The Morgan fingerprint density at radius 1 is 1.30 bits per heavy atom. The van der Waals surface area contributed by atoms with E-state index in [1.807, 2.05) is 12.1 Å². The quantitative estimate of drug-likeness (QED) is 0.897. The smallest absolute Gasteiger partial charge is 0.118 e. The molecule has 1 aromatic rings. The van der Waals surface area contributed by atoms with Gasteiger partial charge in [-0.3, -0.25) is 4.90 Å². The van der Waals surface area contributed by atoms with Crippen LogP contribution in [0.25, 0.3) is 0 Å². The predicted molar refractivity (Wildman–Crippen MR) is 84.0 cm³/mol. The fourth-order valence-corrected chi connectivity index (χ4v) is 3.43. The van der Waals surface area contributed by atoms with Crippen molar-refractivity contribution in [2.45, 2.75) is 51.7 Å². The third kappa shape index (κ3) is 3.15. The molecule has 1 aliphatic rings. The fourth-order valence-electron chi connectivity index (χ4n) is 3.43. The lowest BCUT2D eigenvalue weighted by molar-refractivity contribution is 0.160. The highest BCUT2D eigenvalue weighted by molar-refractivity contribution is 5.30. The molecule has 0 aliphatic carbocycles. The molecule has 0 bridgehead atoms. The molecule has 4 atom stereocenters. The Morgan fingerprint density at radius 2 is 1.95 bits per heavy atom. The van der Waals surface area contributed by atoms with E-state index >= 15 is 0 Å². The van der Waals surface area contributed by atoms with Crippen LogP contribution in [-0.4, -0.2) is 30.6 Å². The first-order valence-corrected chi connectivity index (χ1v) is 7.72. The minimum Gasteiger partial charge on any atom is -0.497 e. The van der Waals surface area contributed by atoms with Crippen LogP contribution in [0.1, 0.15) is 45.2 Å². The highest BCUT2D eigenvalue weighted by Crippen LogP contribution is 2.34. The molecule has 3 heteroatoms. The van der Waals surface area contributed by atoms with E-state index in [1.165, 1.54) is 12.0 Å². The summed E-state index contributed by atoms with van der Waals surface area (Å²) < 4.78 is 5.25. The average molecular weight is 276 g/mol. The predicted octanol–water partition coefficient (Wildman–Crippen LogP) is 3.20. The standard InChI is InChI=1S/C17H28N2O/c1-5-16(18)17(19-11-12(2)10-13(19)3)14-6-8-15(20-4)9-7-14/h6-9,12-13,16-17H,5,10-11,18H2,1-4H3. The molecule has 3 nitrogen and oxygen atoms in total. The van der Waals surface area contributed by atoms with Crippen LogP contribution in [0.15, 0.2) is 24.3 Å². The van der Waals surface area contributed by atoms with Crippen molar-refractivity contribution >= 4 is 0 Å². The fraction of sp³-hybridized carbons (Fsp3) is 0.647. The van der Waals surface area contributed by atoms with Crippen LogP contribution in [0.4, 0.5) is 0 Å². The molecule has 0 amide bonds. The summed E-state index contributed by atoms with van der Waals surface area (Å²) in [5.74, 6) is 1.66. The Labute approximate surface area is 123 Å². The van der Waals surface area contributed by atoms with Crippen LogP contribution in [-0.2, 0) is 0 Å². The molecule has 0 spiro atoms. The average Bonchev–Trinajstić information content (AvgIpc) is 2.78. The van der Waals surface area contributed by atoms with Gasteiger partial charge in [-0.15, -0.1) is 0 Å². The van der Waals surface area contributed by atoms with Gasteiger partial charge in [0.15, 0.2) is 0 Å². The molecular formula is C17H28N2O. The van der Waals surface area contributed by atoms with Gasteiger partial charge in [-0.2, -0.15) is 0 Å². The lowest BCUT2D eigenvalue weighted by Gasteiger charge is -2.35. The molecule has 4 unspecified atom stereocenters. The van der Waals surface area contributed by atoms with Crippen LogP contribution in [0.2, 0.25) is 0 Å². The van der Waals surface area contributed by atoms with Crippen LogP contribution in [0.3, 0.4) is 0 Å². The summed E-state index contributed by atoms with van der Waals surface area (Å²) in [6, 6.07) is 9.49. The first-order chi connectivity index (χ1) is 9.56. The van der Waals surface area contributed by atoms with Gasteiger partial charge in [0.1, 0.15) is 5.75 Å². The van der Waals surface area contributed by atoms with Gasteiger partial charge in [-0.1, -0.05) is 26.0 Å². The van der Waals surface area contributed by atoms with Crippen molar-refractivity contribution in [3.8, 4) is 5.75 Å². The first-order valence-electron chi connectivity index (χ1n) is 7.72. The Bertz CT molecular complexity index is 418. The molecule has 0 radical (unpaired) electrons. The maximum Gasteiger partial charge on any atom is 0.118 e. The van der Waals surface area contributed by atoms with Crippen molar-refractivity contribution < 1.29 is 4.74 Å². The van der Waals surface area contributed by atoms with Crippen molar-refractivity contribution in [3.05, 3.63) is 29.8 Å². The van der Waals surface area contributed by atoms with Crippen LogP contribution < -0.4 is 10.5 Å². The molecule has 112 valence electrons. The summed E-state index contributed by atoms with van der Waals surface area (Å²) in [7, 11) is 1.70. The SMILES string of the molecule is CCC(N)C(c1ccc(OC)cc1)N1CC(C)CC1C. The van der Waals surface area contributed by atoms with E-state index < -0.39 is 0 Å². The Kier molecular flexibility index (Phi) is 5.06. The molecule has 0 saturated carbocycles. The second kappa shape index (κ2) is 6.59. The molecule has 2 rings (SSSR count). The third-order valence-electron chi connectivity index (χ3n) is 4.52. The highest BCUT2D eigenvalue weighted by Gasteiger charge is 2.35. The number of nitrogens with zero attached hydrogens (tertiary/aromatic N) is 1. The van der Waals surface area contributed by atoms with Crippen molar-refractivity contribution in [3.63, 3.8) is 0 Å². The molecular weight excluding hydrogens is 248 g/mol. The zero-order valence-electron chi connectivity index (χ0n) is 13.2. The normalized spacial score (nSPS) is 26.4. The summed E-state index contributed by atoms with van der Waals surface area (Å²) in [5, 5.41) is 0.